The van der Waals surface area contributed by atoms with Gasteiger partial charge in [0.25, 0.3) is 0 Å². The van der Waals surface area contributed by atoms with E-state index in [1.54, 1.807) is 0 Å². The van der Waals surface area contributed by atoms with Crippen LogP contribution >= 0.6 is 0 Å². The summed E-state index contributed by atoms with van der Waals surface area (Å²) in [5.41, 5.74) is 5.21. The highest BCUT2D eigenvalue weighted by molar-refractivity contribution is 5.99. The van der Waals surface area contributed by atoms with Crippen molar-refractivity contribution in [3.63, 3.8) is 0 Å². The minimum Gasteiger partial charge on any atom is -0.356 e. The summed E-state index contributed by atoms with van der Waals surface area (Å²) in [6.45, 7) is 0. The van der Waals surface area contributed by atoms with Crippen LogP contribution in [-0.2, 0) is 22.4 Å². The van der Waals surface area contributed by atoms with Gasteiger partial charge in [-0.05, 0) is 22.8 Å². The normalized spacial score (nSPS) is 22.4. The van der Waals surface area contributed by atoms with Crippen molar-refractivity contribution in [2.45, 2.75) is 31.0 Å². The fourth-order valence-electron chi connectivity index (χ4n) is 5.25. The third-order valence-electron chi connectivity index (χ3n) is 6.70. The molecule has 2 N–H and O–H groups in total. The zero-order valence-corrected chi connectivity index (χ0v) is 17.5. The van der Waals surface area contributed by atoms with Gasteiger partial charge in [0.05, 0.1) is 6.04 Å². The zero-order chi connectivity index (χ0) is 21.7. The number of fused-ring (bicyclic) bond motifs is 4. The SMILES string of the molecule is O=C1N[C@@H](Cc2ccccc2)C(=O)N2C(c3ccccc3)c3[nH]c4ccccc4c3C[C@@H]12. The number of hydrogen-bond donors (Lipinski definition) is 2. The molecule has 4 aromatic rings. The number of para-hydroxylation sites is 1. The van der Waals surface area contributed by atoms with E-state index in [1.807, 2.05) is 77.7 Å². The number of nitrogens with zero attached hydrogens (tertiary/aromatic N) is 1. The van der Waals surface area contributed by atoms with Gasteiger partial charge in [-0.3, -0.25) is 9.59 Å². The molecule has 158 valence electrons. The number of carbonyl (C=O) groups excluding carboxylic acids is 2. The number of aromatic nitrogens is 1. The van der Waals surface area contributed by atoms with Gasteiger partial charge in [0, 0.05) is 29.4 Å². The fourth-order valence-corrected chi connectivity index (χ4v) is 5.25. The number of amides is 2. The maximum Gasteiger partial charge on any atom is 0.247 e. The Bertz CT molecular complexity index is 1310. The van der Waals surface area contributed by atoms with Crippen LogP contribution in [0.25, 0.3) is 10.9 Å². The van der Waals surface area contributed by atoms with E-state index in [9.17, 15) is 9.59 Å². The van der Waals surface area contributed by atoms with Crippen LogP contribution < -0.4 is 5.32 Å². The molecule has 0 bridgehead atoms. The molecule has 3 atom stereocenters. The fraction of sp³-hybridized carbons (Fsp3) is 0.185. The predicted molar refractivity (Wildman–Crippen MR) is 123 cm³/mol. The minimum atomic E-state index is -0.571. The van der Waals surface area contributed by atoms with Crippen LogP contribution in [0.15, 0.2) is 84.9 Å². The Balaban J connectivity index is 1.48. The molecule has 1 fully saturated rings. The Morgan fingerprint density at radius 2 is 1.53 bits per heavy atom. The van der Waals surface area contributed by atoms with Crippen molar-refractivity contribution in [1.82, 2.24) is 15.2 Å². The molecule has 6 rings (SSSR count). The maximum absolute atomic E-state index is 13.8. The molecule has 0 radical (unpaired) electrons. The van der Waals surface area contributed by atoms with E-state index in [1.165, 1.54) is 0 Å². The number of aromatic amines is 1. The Morgan fingerprint density at radius 3 is 2.31 bits per heavy atom. The summed E-state index contributed by atoms with van der Waals surface area (Å²) in [6.07, 6.45) is 0.994. The second-order valence-corrected chi connectivity index (χ2v) is 8.59. The summed E-state index contributed by atoms with van der Waals surface area (Å²) in [4.78, 5) is 32.5. The Hall–Kier alpha value is -3.86. The van der Waals surface area contributed by atoms with Crippen molar-refractivity contribution in [3.8, 4) is 0 Å². The summed E-state index contributed by atoms with van der Waals surface area (Å²) in [7, 11) is 0. The van der Waals surface area contributed by atoms with Gasteiger partial charge in [0.1, 0.15) is 12.1 Å². The third-order valence-corrected chi connectivity index (χ3v) is 6.70. The van der Waals surface area contributed by atoms with E-state index in [0.717, 1.165) is 33.3 Å². The number of H-pyrrole nitrogens is 1. The molecular formula is C27H23N3O2. The van der Waals surface area contributed by atoms with E-state index in [-0.39, 0.29) is 17.9 Å². The van der Waals surface area contributed by atoms with Gasteiger partial charge in [-0.15, -0.1) is 0 Å². The molecule has 1 aromatic heterocycles. The monoisotopic (exact) mass is 421 g/mol. The largest absolute Gasteiger partial charge is 0.356 e. The van der Waals surface area contributed by atoms with Crippen LogP contribution in [0.4, 0.5) is 0 Å². The molecule has 5 nitrogen and oxygen atoms in total. The minimum absolute atomic E-state index is 0.0309. The van der Waals surface area contributed by atoms with Crippen LogP contribution in [-0.4, -0.2) is 33.8 Å². The number of hydrogen-bond acceptors (Lipinski definition) is 2. The van der Waals surface area contributed by atoms with Crippen molar-refractivity contribution in [1.29, 1.82) is 0 Å². The van der Waals surface area contributed by atoms with E-state index in [2.05, 4.69) is 22.4 Å². The van der Waals surface area contributed by atoms with Crippen molar-refractivity contribution < 1.29 is 9.59 Å². The summed E-state index contributed by atoms with van der Waals surface area (Å²) in [5.74, 6) is -0.112. The lowest BCUT2D eigenvalue weighted by atomic mass is 9.85. The van der Waals surface area contributed by atoms with Crippen LogP contribution in [0.3, 0.4) is 0 Å². The molecule has 0 spiro atoms. The van der Waals surface area contributed by atoms with Crippen molar-refractivity contribution in [2.24, 2.45) is 0 Å². The smallest absolute Gasteiger partial charge is 0.247 e. The van der Waals surface area contributed by atoms with Gasteiger partial charge in [0.15, 0.2) is 0 Å². The van der Waals surface area contributed by atoms with Crippen LogP contribution in [0, 0.1) is 0 Å². The van der Waals surface area contributed by atoms with E-state index in [4.69, 9.17) is 0 Å². The van der Waals surface area contributed by atoms with Crippen molar-refractivity contribution in [3.05, 3.63) is 107 Å². The highest BCUT2D eigenvalue weighted by atomic mass is 16.2. The highest BCUT2D eigenvalue weighted by Crippen LogP contribution is 2.42. The van der Waals surface area contributed by atoms with Gasteiger partial charge in [-0.1, -0.05) is 78.9 Å². The molecule has 2 amide bonds. The van der Waals surface area contributed by atoms with Gasteiger partial charge in [-0.25, -0.2) is 0 Å². The third kappa shape index (κ3) is 2.93. The molecular weight excluding hydrogens is 398 g/mol. The van der Waals surface area contributed by atoms with E-state index >= 15 is 0 Å². The summed E-state index contributed by atoms with van der Waals surface area (Å²) in [6, 6.07) is 26.6. The molecule has 1 unspecified atom stereocenters. The summed E-state index contributed by atoms with van der Waals surface area (Å²) in [5, 5.41) is 4.14. The molecule has 3 heterocycles. The molecule has 2 aliphatic rings. The Kier molecular flexibility index (Phi) is 4.35. The number of piperazine rings is 1. The molecule has 0 saturated carbocycles. The van der Waals surface area contributed by atoms with Crippen molar-refractivity contribution >= 4 is 22.7 Å². The van der Waals surface area contributed by atoms with E-state index in [0.29, 0.717) is 12.8 Å². The zero-order valence-electron chi connectivity index (χ0n) is 17.5. The number of nitrogens with one attached hydrogen (secondary N) is 2. The molecule has 0 aliphatic carbocycles. The second kappa shape index (κ2) is 7.38. The first kappa shape index (κ1) is 18.9. The first-order valence-corrected chi connectivity index (χ1v) is 11.0. The maximum atomic E-state index is 13.8. The predicted octanol–water partition coefficient (Wildman–Crippen LogP) is 3.75. The lowest BCUT2D eigenvalue weighted by Crippen LogP contribution is -2.66. The van der Waals surface area contributed by atoms with Gasteiger partial charge in [0.2, 0.25) is 11.8 Å². The standard InChI is InChI=1S/C27H23N3O2/c31-26-23-16-20-19-13-7-8-14-21(19)28-24(20)25(18-11-5-2-6-12-18)30(23)27(32)22(29-26)15-17-9-3-1-4-10-17/h1-14,22-23,25,28H,15-16H2,(H,29,31)/t22-,23-,25?/m0/s1. The first-order valence-electron chi connectivity index (χ1n) is 11.0. The topological polar surface area (TPSA) is 65.2 Å². The molecule has 3 aromatic carbocycles. The van der Waals surface area contributed by atoms with Crippen LogP contribution in [0.5, 0.6) is 0 Å². The molecule has 1 saturated heterocycles. The number of benzene rings is 3. The van der Waals surface area contributed by atoms with Gasteiger partial charge < -0.3 is 15.2 Å². The Morgan fingerprint density at radius 1 is 0.844 bits per heavy atom. The van der Waals surface area contributed by atoms with Crippen LogP contribution in [0.1, 0.15) is 28.4 Å². The summed E-state index contributed by atoms with van der Waals surface area (Å²) < 4.78 is 0. The Labute approximate surface area is 186 Å². The first-order chi connectivity index (χ1) is 15.7. The highest BCUT2D eigenvalue weighted by Gasteiger charge is 2.48. The molecule has 2 aliphatic heterocycles. The van der Waals surface area contributed by atoms with Crippen molar-refractivity contribution in [2.75, 3.05) is 0 Å². The lowest BCUT2D eigenvalue weighted by molar-refractivity contribution is -0.152. The van der Waals surface area contributed by atoms with E-state index < -0.39 is 12.1 Å². The number of carbonyl (C=O) groups is 2. The summed E-state index contributed by atoms with van der Waals surface area (Å²) >= 11 is 0. The molecule has 5 heteroatoms. The van der Waals surface area contributed by atoms with Gasteiger partial charge in [-0.2, -0.15) is 0 Å². The number of rotatable bonds is 3. The van der Waals surface area contributed by atoms with Crippen LogP contribution in [0.2, 0.25) is 0 Å². The second-order valence-electron chi connectivity index (χ2n) is 8.59. The lowest BCUT2D eigenvalue weighted by Gasteiger charge is -2.46. The quantitative estimate of drug-likeness (QED) is 0.529. The molecule has 32 heavy (non-hydrogen) atoms. The average molecular weight is 422 g/mol. The average Bonchev–Trinajstić information content (AvgIpc) is 3.21. The van der Waals surface area contributed by atoms with Gasteiger partial charge >= 0.3 is 0 Å².